The zero-order valence-electron chi connectivity index (χ0n) is 12.5. The number of carbonyl (C=O) groups is 1. The van der Waals surface area contributed by atoms with Crippen molar-refractivity contribution in [3.8, 4) is 0 Å². The summed E-state index contributed by atoms with van der Waals surface area (Å²) in [6, 6.07) is 14.2. The van der Waals surface area contributed by atoms with Crippen LogP contribution in [0.3, 0.4) is 0 Å². The van der Waals surface area contributed by atoms with E-state index < -0.39 is 5.97 Å². The van der Waals surface area contributed by atoms with Gasteiger partial charge in [-0.2, -0.15) is 0 Å². The standard InChI is InChI=1S/C18H19NO2/c1-13-8-10-17(15(12-13)9-11-18(20)21)19(3)16-7-5-4-6-14(16)2/h4-12H,1-3H3,(H,20,21)/b11-9+. The largest absolute Gasteiger partial charge is 0.478 e. The highest BCUT2D eigenvalue weighted by Gasteiger charge is 2.10. The molecule has 0 aromatic heterocycles. The van der Waals surface area contributed by atoms with Crippen molar-refractivity contribution in [3.05, 3.63) is 65.2 Å². The van der Waals surface area contributed by atoms with E-state index >= 15 is 0 Å². The molecule has 0 aliphatic heterocycles. The minimum absolute atomic E-state index is 0.892. The predicted molar refractivity (Wildman–Crippen MR) is 87.1 cm³/mol. The Morgan fingerprint density at radius 1 is 1.10 bits per heavy atom. The number of para-hydroxylation sites is 1. The number of rotatable bonds is 4. The number of hydrogen-bond donors (Lipinski definition) is 1. The molecule has 2 aromatic carbocycles. The minimum atomic E-state index is -0.944. The van der Waals surface area contributed by atoms with Crippen molar-refractivity contribution in [1.29, 1.82) is 0 Å². The highest BCUT2D eigenvalue weighted by Crippen LogP contribution is 2.30. The van der Waals surface area contributed by atoms with Gasteiger partial charge in [0.25, 0.3) is 0 Å². The van der Waals surface area contributed by atoms with Gasteiger partial charge >= 0.3 is 5.97 Å². The fourth-order valence-electron chi connectivity index (χ4n) is 2.34. The summed E-state index contributed by atoms with van der Waals surface area (Å²) in [5, 5.41) is 8.83. The second kappa shape index (κ2) is 6.27. The van der Waals surface area contributed by atoms with Gasteiger partial charge in [0.1, 0.15) is 0 Å². The normalized spacial score (nSPS) is 10.8. The molecular formula is C18H19NO2. The van der Waals surface area contributed by atoms with E-state index in [4.69, 9.17) is 5.11 Å². The lowest BCUT2D eigenvalue weighted by Gasteiger charge is -2.23. The third-order valence-corrected chi connectivity index (χ3v) is 3.43. The van der Waals surface area contributed by atoms with Crippen molar-refractivity contribution in [2.45, 2.75) is 13.8 Å². The number of carboxylic acid groups (broad SMARTS) is 1. The summed E-state index contributed by atoms with van der Waals surface area (Å²) in [4.78, 5) is 12.8. The Kier molecular flexibility index (Phi) is 4.43. The highest BCUT2D eigenvalue weighted by atomic mass is 16.4. The zero-order chi connectivity index (χ0) is 15.4. The summed E-state index contributed by atoms with van der Waals surface area (Å²) in [5.41, 5.74) is 5.25. The van der Waals surface area contributed by atoms with Crippen LogP contribution in [-0.4, -0.2) is 18.1 Å². The highest BCUT2D eigenvalue weighted by molar-refractivity contribution is 5.87. The Morgan fingerprint density at radius 3 is 2.48 bits per heavy atom. The SMILES string of the molecule is Cc1ccc(N(C)c2ccccc2C)c(/C=C/C(=O)O)c1. The maximum absolute atomic E-state index is 10.8. The molecule has 0 saturated heterocycles. The molecule has 0 aliphatic rings. The van der Waals surface area contributed by atoms with E-state index in [0.29, 0.717) is 0 Å². The first kappa shape index (κ1) is 14.9. The van der Waals surface area contributed by atoms with E-state index in [-0.39, 0.29) is 0 Å². The maximum Gasteiger partial charge on any atom is 0.328 e. The number of nitrogens with zero attached hydrogens (tertiary/aromatic N) is 1. The van der Waals surface area contributed by atoms with Gasteiger partial charge in [-0.25, -0.2) is 4.79 Å². The summed E-state index contributed by atoms with van der Waals surface area (Å²) in [6.45, 7) is 4.06. The van der Waals surface area contributed by atoms with E-state index in [1.807, 2.05) is 44.3 Å². The van der Waals surface area contributed by atoms with Gasteiger partial charge in [-0.15, -0.1) is 0 Å². The minimum Gasteiger partial charge on any atom is -0.478 e. The molecule has 1 N–H and O–H groups in total. The van der Waals surface area contributed by atoms with Crippen molar-refractivity contribution in [1.82, 2.24) is 0 Å². The molecule has 0 aliphatic carbocycles. The monoisotopic (exact) mass is 281 g/mol. The number of hydrogen-bond acceptors (Lipinski definition) is 2. The van der Waals surface area contributed by atoms with Gasteiger partial charge < -0.3 is 10.0 Å². The van der Waals surface area contributed by atoms with Crippen LogP contribution in [0.2, 0.25) is 0 Å². The Morgan fingerprint density at radius 2 is 1.81 bits per heavy atom. The molecule has 0 atom stereocenters. The molecule has 0 bridgehead atoms. The van der Waals surface area contributed by atoms with Gasteiger partial charge in [0, 0.05) is 24.5 Å². The molecule has 2 rings (SSSR count). The van der Waals surface area contributed by atoms with Crippen LogP contribution in [0.1, 0.15) is 16.7 Å². The van der Waals surface area contributed by atoms with Gasteiger partial charge in [-0.1, -0.05) is 29.8 Å². The average molecular weight is 281 g/mol. The summed E-state index contributed by atoms with van der Waals surface area (Å²) in [7, 11) is 1.99. The summed E-state index contributed by atoms with van der Waals surface area (Å²) >= 11 is 0. The Bertz CT molecular complexity index is 689. The van der Waals surface area contributed by atoms with Crippen LogP contribution in [0.5, 0.6) is 0 Å². The van der Waals surface area contributed by atoms with E-state index in [1.54, 1.807) is 6.08 Å². The fourth-order valence-corrected chi connectivity index (χ4v) is 2.34. The Balaban J connectivity index is 2.48. The number of aliphatic carboxylic acids is 1. The molecule has 3 nitrogen and oxygen atoms in total. The van der Waals surface area contributed by atoms with Crippen molar-refractivity contribution in [3.63, 3.8) is 0 Å². The molecule has 0 spiro atoms. The second-order valence-electron chi connectivity index (χ2n) is 5.08. The zero-order valence-corrected chi connectivity index (χ0v) is 12.5. The molecular weight excluding hydrogens is 262 g/mol. The fraction of sp³-hybridized carbons (Fsp3) is 0.167. The molecule has 0 fully saturated rings. The van der Waals surface area contributed by atoms with E-state index in [2.05, 4.69) is 24.0 Å². The maximum atomic E-state index is 10.8. The quantitative estimate of drug-likeness (QED) is 0.855. The first-order valence-electron chi connectivity index (χ1n) is 6.80. The van der Waals surface area contributed by atoms with Crippen LogP contribution in [-0.2, 0) is 4.79 Å². The van der Waals surface area contributed by atoms with E-state index in [0.717, 1.165) is 22.5 Å². The lowest BCUT2D eigenvalue weighted by Crippen LogP contribution is -2.12. The Hall–Kier alpha value is -2.55. The lowest BCUT2D eigenvalue weighted by molar-refractivity contribution is -0.131. The van der Waals surface area contributed by atoms with Crippen molar-refractivity contribution < 1.29 is 9.90 Å². The van der Waals surface area contributed by atoms with Crippen LogP contribution in [0.15, 0.2) is 48.5 Å². The van der Waals surface area contributed by atoms with Gasteiger partial charge in [-0.05, 0) is 49.2 Å². The molecule has 0 saturated carbocycles. The van der Waals surface area contributed by atoms with Crippen LogP contribution in [0.4, 0.5) is 11.4 Å². The van der Waals surface area contributed by atoms with Gasteiger partial charge in [0.2, 0.25) is 0 Å². The molecule has 0 unspecified atom stereocenters. The van der Waals surface area contributed by atoms with Crippen molar-refractivity contribution in [2.75, 3.05) is 11.9 Å². The number of aryl methyl sites for hydroxylation is 2. The predicted octanol–water partition coefficient (Wildman–Crippen LogP) is 4.17. The number of benzene rings is 2. The molecule has 21 heavy (non-hydrogen) atoms. The summed E-state index contributed by atoms with van der Waals surface area (Å²) < 4.78 is 0. The Labute approximate surface area is 125 Å². The van der Waals surface area contributed by atoms with Crippen LogP contribution in [0.25, 0.3) is 6.08 Å². The van der Waals surface area contributed by atoms with Crippen molar-refractivity contribution in [2.24, 2.45) is 0 Å². The van der Waals surface area contributed by atoms with Gasteiger partial charge in [-0.3, -0.25) is 0 Å². The summed E-state index contributed by atoms with van der Waals surface area (Å²) in [6.07, 6.45) is 2.81. The van der Waals surface area contributed by atoms with Crippen LogP contribution in [0, 0.1) is 13.8 Å². The van der Waals surface area contributed by atoms with Crippen molar-refractivity contribution >= 4 is 23.4 Å². The molecule has 3 heteroatoms. The lowest BCUT2D eigenvalue weighted by atomic mass is 10.1. The van der Waals surface area contributed by atoms with Crippen LogP contribution >= 0.6 is 0 Å². The molecule has 108 valence electrons. The third kappa shape index (κ3) is 3.51. The number of anilines is 2. The topological polar surface area (TPSA) is 40.5 Å². The third-order valence-electron chi connectivity index (χ3n) is 3.43. The smallest absolute Gasteiger partial charge is 0.328 e. The van der Waals surface area contributed by atoms with E-state index in [1.165, 1.54) is 11.6 Å². The summed E-state index contributed by atoms with van der Waals surface area (Å²) in [5.74, 6) is -0.944. The van der Waals surface area contributed by atoms with Gasteiger partial charge in [0.05, 0.1) is 0 Å². The first-order chi connectivity index (χ1) is 9.99. The number of carboxylic acids is 1. The van der Waals surface area contributed by atoms with Gasteiger partial charge in [0.15, 0.2) is 0 Å². The first-order valence-corrected chi connectivity index (χ1v) is 6.80. The molecule has 0 amide bonds. The average Bonchev–Trinajstić information content (AvgIpc) is 2.45. The molecule has 0 heterocycles. The van der Waals surface area contributed by atoms with E-state index in [9.17, 15) is 4.79 Å². The molecule has 0 radical (unpaired) electrons. The second-order valence-corrected chi connectivity index (χ2v) is 5.08. The molecule has 2 aromatic rings. The van der Waals surface area contributed by atoms with Crippen LogP contribution < -0.4 is 4.90 Å².